The fraction of sp³-hybridized carbons (Fsp3) is 0.111. The summed E-state index contributed by atoms with van der Waals surface area (Å²) in [5, 5.41) is 7.19. The molecule has 0 aliphatic rings. The quantitative estimate of drug-likeness (QED) is 0.643. The van der Waals surface area contributed by atoms with Gasteiger partial charge in [-0.25, -0.2) is 4.98 Å². The van der Waals surface area contributed by atoms with Gasteiger partial charge in [0.15, 0.2) is 5.76 Å². The second kappa shape index (κ2) is 8.05. The van der Waals surface area contributed by atoms with Crippen molar-refractivity contribution in [3.63, 3.8) is 0 Å². The van der Waals surface area contributed by atoms with E-state index in [1.807, 2.05) is 12.1 Å². The second-order valence-corrected chi connectivity index (χ2v) is 6.12. The lowest BCUT2D eigenvalue weighted by Crippen LogP contribution is -2.11. The number of amides is 1. The number of carbonyl (C=O) groups excluding carboxylic acids is 1. The molecule has 0 atom stereocenters. The first-order chi connectivity index (χ1) is 12.1. The molecule has 1 amide bonds. The van der Waals surface area contributed by atoms with Crippen molar-refractivity contribution in [2.24, 2.45) is 0 Å². The molecular formula is C18H15Cl2N3O2. The Morgan fingerprint density at radius 3 is 2.72 bits per heavy atom. The van der Waals surface area contributed by atoms with Crippen molar-refractivity contribution in [1.29, 1.82) is 0 Å². The topological polar surface area (TPSA) is 67.2 Å². The summed E-state index contributed by atoms with van der Waals surface area (Å²) in [5.74, 6) is 0.646. The third-order valence-corrected chi connectivity index (χ3v) is 4.07. The average Bonchev–Trinajstić information content (AvgIpc) is 3.13. The Kier molecular flexibility index (Phi) is 5.58. The molecule has 0 radical (unpaired) electrons. The molecule has 3 rings (SSSR count). The van der Waals surface area contributed by atoms with E-state index in [-0.39, 0.29) is 11.7 Å². The van der Waals surface area contributed by atoms with Crippen LogP contribution in [0.5, 0.6) is 0 Å². The summed E-state index contributed by atoms with van der Waals surface area (Å²) in [6.45, 7) is 0.673. The van der Waals surface area contributed by atoms with Crippen LogP contribution < -0.4 is 10.6 Å². The van der Waals surface area contributed by atoms with Crippen LogP contribution >= 0.6 is 23.2 Å². The highest BCUT2D eigenvalue weighted by atomic mass is 35.5. The van der Waals surface area contributed by atoms with Gasteiger partial charge in [0.1, 0.15) is 5.82 Å². The van der Waals surface area contributed by atoms with E-state index in [2.05, 4.69) is 15.6 Å². The summed E-state index contributed by atoms with van der Waals surface area (Å²) >= 11 is 12.0. The minimum Gasteiger partial charge on any atom is -0.459 e. The summed E-state index contributed by atoms with van der Waals surface area (Å²) in [7, 11) is 0. The molecule has 128 valence electrons. The molecule has 2 N–H and O–H groups in total. The maximum Gasteiger partial charge on any atom is 0.291 e. The largest absolute Gasteiger partial charge is 0.459 e. The lowest BCUT2D eigenvalue weighted by Gasteiger charge is -2.08. The number of hydrogen-bond acceptors (Lipinski definition) is 4. The monoisotopic (exact) mass is 375 g/mol. The fourth-order valence-electron chi connectivity index (χ4n) is 2.22. The molecule has 0 spiro atoms. The maximum atomic E-state index is 11.9. The van der Waals surface area contributed by atoms with Gasteiger partial charge in [-0.05, 0) is 48.4 Å². The predicted octanol–water partition coefficient (Wildman–Crippen LogP) is 4.89. The van der Waals surface area contributed by atoms with Crippen LogP contribution in [0.3, 0.4) is 0 Å². The molecule has 0 aliphatic heterocycles. The highest BCUT2D eigenvalue weighted by Gasteiger charge is 2.08. The van der Waals surface area contributed by atoms with Crippen molar-refractivity contribution < 1.29 is 9.21 Å². The zero-order chi connectivity index (χ0) is 17.6. The first-order valence-electron chi connectivity index (χ1n) is 7.60. The van der Waals surface area contributed by atoms with Gasteiger partial charge in [-0.2, -0.15) is 0 Å². The number of benzene rings is 1. The lowest BCUT2D eigenvalue weighted by molar-refractivity contribution is 0.0996. The molecule has 1 aromatic carbocycles. The first kappa shape index (κ1) is 17.3. The zero-order valence-corrected chi connectivity index (χ0v) is 14.6. The summed E-state index contributed by atoms with van der Waals surface area (Å²) in [6.07, 6.45) is 3.78. The molecule has 0 saturated carbocycles. The average molecular weight is 376 g/mol. The smallest absolute Gasteiger partial charge is 0.291 e. The molecule has 0 fully saturated rings. The maximum absolute atomic E-state index is 11.9. The van der Waals surface area contributed by atoms with Gasteiger partial charge in [0.25, 0.3) is 5.91 Å². The number of aromatic nitrogens is 1. The van der Waals surface area contributed by atoms with E-state index in [0.717, 1.165) is 12.0 Å². The van der Waals surface area contributed by atoms with E-state index in [1.165, 1.54) is 6.26 Å². The number of halogens is 2. The molecule has 0 aliphatic carbocycles. The number of nitrogens with zero attached hydrogens (tertiary/aromatic N) is 1. The van der Waals surface area contributed by atoms with Gasteiger partial charge in [0.2, 0.25) is 0 Å². The normalized spacial score (nSPS) is 10.5. The first-order valence-corrected chi connectivity index (χ1v) is 8.36. The van der Waals surface area contributed by atoms with E-state index in [9.17, 15) is 4.79 Å². The lowest BCUT2D eigenvalue weighted by atomic mass is 10.1. The van der Waals surface area contributed by atoms with Gasteiger partial charge < -0.3 is 15.1 Å². The Morgan fingerprint density at radius 2 is 2.04 bits per heavy atom. The zero-order valence-electron chi connectivity index (χ0n) is 13.1. The summed E-state index contributed by atoms with van der Waals surface area (Å²) in [6, 6.07) is 12.3. The summed E-state index contributed by atoms with van der Waals surface area (Å²) < 4.78 is 5.04. The van der Waals surface area contributed by atoms with Gasteiger partial charge in [-0.1, -0.05) is 29.3 Å². The third-order valence-electron chi connectivity index (χ3n) is 3.48. The van der Waals surface area contributed by atoms with Crippen LogP contribution in [-0.4, -0.2) is 17.4 Å². The van der Waals surface area contributed by atoms with E-state index < -0.39 is 0 Å². The Balaban J connectivity index is 1.51. The summed E-state index contributed by atoms with van der Waals surface area (Å²) in [4.78, 5) is 16.1. The molecule has 7 heteroatoms. The van der Waals surface area contributed by atoms with E-state index >= 15 is 0 Å². The second-order valence-electron chi connectivity index (χ2n) is 5.28. The van der Waals surface area contributed by atoms with E-state index in [0.29, 0.717) is 28.1 Å². The van der Waals surface area contributed by atoms with Crippen molar-refractivity contribution in [2.75, 3.05) is 17.2 Å². The number of nitrogens with one attached hydrogen (secondary N) is 2. The fourth-order valence-corrected chi connectivity index (χ4v) is 2.73. The van der Waals surface area contributed by atoms with E-state index in [1.54, 1.807) is 36.5 Å². The molecule has 25 heavy (non-hydrogen) atoms. The Morgan fingerprint density at radius 1 is 1.16 bits per heavy atom. The Hall–Kier alpha value is -2.50. The van der Waals surface area contributed by atoms with Crippen LogP contribution in [0, 0.1) is 0 Å². The summed E-state index contributed by atoms with van der Waals surface area (Å²) in [5.41, 5.74) is 1.61. The SMILES string of the molecule is O=C(Nc1ccc(NCCc2ccc(Cl)cc2Cl)nc1)c1ccco1. The highest BCUT2D eigenvalue weighted by Crippen LogP contribution is 2.21. The van der Waals surface area contributed by atoms with Gasteiger partial charge in [-0.15, -0.1) is 0 Å². The van der Waals surface area contributed by atoms with Crippen LogP contribution in [-0.2, 0) is 6.42 Å². The molecular weight excluding hydrogens is 361 g/mol. The van der Waals surface area contributed by atoms with Crippen molar-refractivity contribution in [3.05, 3.63) is 76.3 Å². The van der Waals surface area contributed by atoms with Crippen LogP contribution in [0.15, 0.2) is 59.3 Å². The number of carbonyl (C=O) groups is 1. The molecule has 2 heterocycles. The molecule has 3 aromatic rings. The van der Waals surface area contributed by atoms with Gasteiger partial charge in [-0.3, -0.25) is 4.79 Å². The van der Waals surface area contributed by atoms with Crippen LogP contribution in [0.25, 0.3) is 0 Å². The number of hydrogen-bond donors (Lipinski definition) is 2. The molecule has 0 unspecified atom stereocenters. The minimum atomic E-state index is -0.315. The molecule has 5 nitrogen and oxygen atoms in total. The van der Waals surface area contributed by atoms with Gasteiger partial charge in [0, 0.05) is 16.6 Å². The third kappa shape index (κ3) is 4.75. The van der Waals surface area contributed by atoms with E-state index in [4.69, 9.17) is 27.6 Å². The highest BCUT2D eigenvalue weighted by molar-refractivity contribution is 6.35. The number of anilines is 2. The number of furan rings is 1. The molecule has 0 saturated heterocycles. The van der Waals surface area contributed by atoms with Crippen LogP contribution in [0.2, 0.25) is 10.0 Å². The van der Waals surface area contributed by atoms with Crippen molar-refractivity contribution in [3.8, 4) is 0 Å². The van der Waals surface area contributed by atoms with Crippen LogP contribution in [0.4, 0.5) is 11.5 Å². The predicted molar refractivity (Wildman–Crippen MR) is 99.6 cm³/mol. The Labute approximate surface area is 155 Å². The molecule has 2 aromatic heterocycles. The van der Waals surface area contributed by atoms with Crippen LogP contribution in [0.1, 0.15) is 16.1 Å². The van der Waals surface area contributed by atoms with Gasteiger partial charge >= 0.3 is 0 Å². The standard InChI is InChI=1S/C18H15Cl2N3O2/c19-13-4-3-12(15(20)10-13)7-8-21-17-6-5-14(11-22-17)23-18(24)16-2-1-9-25-16/h1-6,9-11H,7-8H2,(H,21,22)(H,23,24). The van der Waals surface area contributed by atoms with Gasteiger partial charge in [0.05, 0.1) is 18.1 Å². The number of rotatable bonds is 6. The minimum absolute atomic E-state index is 0.252. The number of pyridine rings is 1. The van der Waals surface area contributed by atoms with Crippen molar-refractivity contribution >= 4 is 40.6 Å². The van der Waals surface area contributed by atoms with Crippen molar-refractivity contribution in [1.82, 2.24) is 4.98 Å². The molecule has 0 bridgehead atoms. The van der Waals surface area contributed by atoms with Crippen molar-refractivity contribution in [2.45, 2.75) is 6.42 Å². The Bertz CT molecular complexity index is 849.